The number of carbonyl (C=O) groups excluding carboxylic acids is 2. The van der Waals surface area contributed by atoms with Gasteiger partial charge in [0.2, 0.25) is 11.8 Å². The van der Waals surface area contributed by atoms with Gasteiger partial charge in [0, 0.05) is 65.7 Å². The lowest BCUT2D eigenvalue weighted by atomic mass is 10.1. The van der Waals surface area contributed by atoms with Crippen molar-refractivity contribution in [1.82, 2.24) is 20.0 Å². The highest BCUT2D eigenvalue weighted by Gasteiger charge is 2.23. The Morgan fingerprint density at radius 2 is 1.69 bits per heavy atom. The van der Waals surface area contributed by atoms with Crippen molar-refractivity contribution >= 4 is 41.8 Å². The topological polar surface area (TPSA) is 68.2 Å². The molecule has 0 unspecified atom stereocenters. The number of halogens is 1. The van der Waals surface area contributed by atoms with E-state index in [0.29, 0.717) is 44.9 Å². The standard InChI is InChI=1S/C24H45N5O2.HI/c1-6-8-12-15-27(5)24(25-7-2)26-14-11-9-10-13-22(30)28-16-18-29(19-17-28)23(31)20-21(3)4;/h6,21H,1,7-20H2,2-5H3,(H,25,26);1H. The number of unbranched alkanes of at least 4 members (excludes halogenated alkanes) is 3. The molecule has 8 heteroatoms. The molecule has 0 radical (unpaired) electrons. The maximum Gasteiger partial charge on any atom is 0.222 e. The Morgan fingerprint density at radius 1 is 1.06 bits per heavy atom. The largest absolute Gasteiger partial charge is 0.357 e. The average molecular weight is 564 g/mol. The van der Waals surface area contributed by atoms with Crippen molar-refractivity contribution in [2.24, 2.45) is 10.9 Å². The average Bonchev–Trinajstić information content (AvgIpc) is 2.74. The second-order valence-electron chi connectivity index (χ2n) is 8.76. The summed E-state index contributed by atoms with van der Waals surface area (Å²) in [6, 6.07) is 0. The number of hydrogen-bond acceptors (Lipinski definition) is 3. The third-order valence-electron chi connectivity index (χ3n) is 5.48. The van der Waals surface area contributed by atoms with Gasteiger partial charge in [-0.1, -0.05) is 26.3 Å². The second-order valence-corrected chi connectivity index (χ2v) is 8.76. The second kappa shape index (κ2) is 18.1. The number of hydrogen-bond donors (Lipinski definition) is 1. The zero-order chi connectivity index (χ0) is 23.1. The zero-order valence-electron chi connectivity index (χ0n) is 20.8. The van der Waals surface area contributed by atoms with Crippen molar-refractivity contribution in [1.29, 1.82) is 0 Å². The molecule has 1 aliphatic rings. The molecule has 0 aromatic carbocycles. The van der Waals surface area contributed by atoms with Crippen LogP contribution in [0.15, 0.2) is 17.6 Å². The first-order valence-corrected chi connectivity index (χ1v) is 12.0. The third kappa shape index (κ3) is 12.6. The molecule has 0 aliphatic carbocycles. The van der Waals surface area contributed by atoms with Gasteiger partial charge in [-0.05, 0) is 38.5 Å². The van der Waals surface area contributed by atoms with Gasteiger partial charge in [-0.15, -0.1) is 30.6 Å². The van der Waals surface area contributed by atoms with E-state index >= 15 is 0 Å². The number of piperazine rings is 1. The number of amides is 2. The van der Waals surface area contributed by atoms with Crippen molar-refractivity contribution in [2.75, 3.05) is 52.9 Å². The van der Waals surface area contributed by atoms with Crippen LogP contribution in [-0.4, -0.2) is 85.3 Å². The molecular weight excluding hydrogens is 517 g/mol. The van der Waals surface area contributed by atoms with Gasteiger partial charge in [0.1, 0.15) is 0 Å². The fourth-order valence-corrected chi connectivity index (χ4v) is 3.64. The summed E-state index contributed by atoms with van der Waals surface area (Å²) in [5, 5.41) is 3.34. The number of guanidine groups is 1. The first-order valence-electron chi connectivity index (χ1n) is 12.0. The molecule has 1 heterocycles. The van der Waals surface area contributed by atoms with Crippen molar-refractivity contribution in [3.63, 3.8) is 0 Å². The lowest BCUT2D eigenvalue weighted by Crippen LogP contribution is -2.50. The van der Waals surface area contributed by atoms with Crippen LogP contribution in [0.2, 0.25) is 0 Å². The molecule has 1 aliphatic heterocycles. The number of allylic oxidation sites excluding steroid dienone is 1. The first kappa shape index (κ1) is 30.7. The Labute approximate surface area is 213 Å². The van der Waals surface area contributed by atoms with Gasteiger partial charge in [0.05, 0.1) is 0 Å². The smallest absolute Gasteiger partial charge is 0.222 e. The van der Waals surface area contributed by atoms with Crippen molar-refractivity contribution in [3.8, 4) is 0 Å². The monoisotopic (exact) mass is 563 g/mol. The minimum atomic E-state index is 0. The van der Waals surface area contributed by atoms with E-state index in [2.05, 4.69) is 44.6 Å². The molecular formula is C24H46IN5O2. The first-order chi connectivity index (χ1) is 14.9. The predicted molar refractivity (Wildman–Crippen MR) is 145 cm³/mol. The number of nitrogens with one attached hydrogen (secondary N) is 1. The van der Waals surface area contributed by atoms with Crippen LogP contribution in [0.1, 0.15) is 65.7 Å². The van der Waals surface area contributed by atoms with Crippen LogP contribution in [0.25, 0.3) is 0 Å². The number of aliphatic imine (C=N–C) groups is 1. The summed E-state index contributed by atoms with van der Waals surface area (Å²) in [5.74, 6) is 1.76. The Bertz CT molecular complexity index is 575. The molecule has 186 valence electrons. The summed E-state index contributed by atoms with van der Waals surface area (Å²) in [6.45, 7) is 15.2. The molecule has 0 bridgehead atoms. The molecule has 0 atom stereocenters. The van der Waals surface area contributed by atoms with Gasteiger partial charge in [-0.25, -0.2) is 0 Å². The summed E-state index contributed by atoms with van der Waals surface area (Å²) in [7, 11) is 2.07. The molecule has 2 amide bonds. The molecule has 7 nitrogen and oxygen atoms in total. The van der Waals surface area contributed by atoms with Crippen molar-refractivity contribution < 1.29 is 9.59 Å². The van der Waals surface area contributed by atoms with E-state index in [9.17, 15) is 9.59 Å². The fourth-order valence-electron chi connectivity index (χ4n) is 3.64. The van der Waals surface area contributed by atoms with E-state index in [0.717, 1.165) is 57.7 Å². The van der Waals surface area contributed by atoms with Crippen LogP contribution >= 0.6 is 24.0 Å². The van der Waals surface area contributed by atoms with Crippen molar-refractivity contribution in [2.45, 2.75) is 65.7 Å². The zero-order valence-corrected chi connectivity index (χ0v) is 23.1. The quantitative estimate of drug-likeness (QED) is 0.122. The minimum Gasteiger partial charge on any atom is -0.357 e. The van der Waals surface area contributed by atoms with Gasteiger partial charge < -0.3 is 20.0 Å². The van der Waals surface area contributed by atoms with E-state index in [-0.39, 0.29) is 35.8 Å². The normalized spacial score (nSPS) is 14.2. The molecule has 1 fully saturated rings. The SMILES string of the molecule is C=CCCCN(C)C(=NCCCCCC(=O)N1CCN(C(=O)CC(C)C)CC1)NCC.I. The van der Waals surface area contributed by atoms with Crippen LogP contribution in [0.3, 0.4) is 0 Å². The van der Waals surface area contributed by atoms with Gasteiger partial charge in [0.25, 0.3) is 0 Å². The molecule has 0 aromatic rings. The van der Waals surface area contributed by atoms with Gasteiger partial charge >= 0.3 is 0 Å². The Hall–Kier alpha value is -1.32. The van der Waals surface area contributed by atoms with Crippen LogP contribution < -0.4 is 5.32 Å². The van der Waals surface area contributed by atoms with E-state index in [1.54, 1.807) is 0 Å². The number of rotatable bonds is 13. The van der Waals surface area contributed by atoms with Crippen LogP contribution in [0.4, 0.5) is 0 Å². The highest BCUT2D eigenvalue weighted by molar-refractivity contribution is 14.0. The highest BCUT2D eigenvalue weighted by Crippen LogP contribution is 2.11. The van der Waals surface area contributed by atoms with E-state index < -0.39 is 0 Å². The predicted octanol–water partition coefficient (Wildman–Crippen LogP) is 3.75. The lowest BCUT2D eigenvalue weighted by molar-refractivity contribution is -0.140. The van der Waals surface area contributed by atoms with Gasteiger partial charge in [-0.3, -0.25) is 14.6 Å². The molecule has 32 heavy (non-hydrogen) atoms. The molecule has 0 spiro atoms. The van der Waals surface area contributed by atoms with Crippen molar-refractivity contribution in [3.05, 3.63) is 12.7 Å². The van der Waals surface area contributed by atoms with Gasteiger partial charge in [-0.2, -0.15) is 0 Å². The number of nitrogens with zero attached hydrogens (tertiary/aromatic N) is 4. The highest BCUT2D eigenvalue weighted by atomic mass is 127. The molecule has 1 rings (SSSR count). The third-order valence-corrected chi connectivity index (χ3v) is 5.48. The van der Waals surface area contributed by atoms with E-state index in [4.69, 9.17) is 4.99 Å². The summed E-state index contributed by atoms with van der Waals surface area (Å²) >= 11 is 0. The lowest BCUT2D eigenvalue weighted by Gasteiger charge is -2.35. The molecule has 0 aromatic heterocycles. The molecule has 1 saturated heterocycles. The van der Waals surface area contributed by atoms with E-state index in [1.165, 1.54) is 0 Å². The van der Waals surface area contributed by atoms with E-state index in [1.807, 2.05) is 15.9 Å². The minimum absolute atomic E-state index is 0. The Morgan fingerprint density at radius 3 is 2.25 bits per heavy atom. The van der Waals surface area contributed by atoms with Gasteiger partial charge in [0.15, 0.2) is 5.96 Å². The summed E-state index contributed by atoms with van der Waals surface area (Å²) in [4.78, 5) is 35.3. The Kier molecular flexibility index (Phi) is 17.4. The maximum absolute atomic E-state index is 12.5. The molecule has 0 saturated carbocycles. The Balaban J connectivity index is 0.00000961. The molecule has 1 N–H and O–H groups in total. The summed E-state index contributed by atoms with van der Waals surface area (Å²) in [5.41, 5.74) is 0. The summed E-state index contributed by atoms with van der Waals surface area (Å²) < 4.78 is 0. The van der Waals surface area contributed by atoms with Crippen LogP contribution in [0, 0.1) is 5.92 Å². The maximum atomic E-state index is 12.5. The fraction of sp³-hybridized carbons (Fsp3) is 0.792. The number of carbonyl (C=O) groups is 2. The van der Waals surface area contributed by atoms with Crippen LogP contribution in [-0.2, 0) is 9.59 Å². The van der Waals surface area contributed by atoms with Crippen LogP contribution in [0.5, 0.6) is 0 Å². The summed E-state index contributed by atoms with van der Waals surface area (Å²) in [6.07, 6.45) is 8.11.